The third-order valence-corrected chi connectivity index (χ3v) is 2.52. The van der Waals surface area contributed by atoms with Gasteiger partial charge in [0.05, 0.1) is 18.1 Å². The van der Waals surface area contributed by atoms with Crippen LogP contribution >= 0.6 is 0 Å². The van der Waals surface area contributed by atoms with Gasteiger partial charge in [-0.15, -0.1) is 0 Å². The summed E-state index contributed by atoms with van der Waals surface area (Å²) in [6, 6.07) is 10.2. The van der Waals surface area contributed by atoms with E-state index in [2.05, 4.69) is 11.0 Å². The van der Waals surface area contributed by atoms with Gasteiger partial charge in [-0.05, 0) is 45.0 Å². The van der Waals surface area contributed by atoms with Crippen molar-refractivity contribution in [3.8, 4) is 11.8 Å². The Morgan fingerprint density at radius 1 is 1.29 bits per heavy atom. The zero-order valence-electron chi connectivity index (χ0n) is 11.0. The molecular weight excluding hydrogens is 212 g/mol. The van der Waals surface area contributed by atoms with E-state index in [1.54, 1.807) is 0 Å². The Kier molecular flexibility index (Phi) is 4.39. The largest absolute Gasteiger partial charge is 0.494 e. The maximum absolute atomic E-state index is 9.01. The topological polar surface area (TPSA) is 36.3 Å². The smallest absolute Gasteiger partial charge is 0.119 e. The molecule has 0 radical (unpaired) electrons. The minimum Gasteiger partial charge on any atom is -0.494 e. The molecule has 0 saturated heterocycles. The van der Waals surface area contributed by atoms with Crippen LogP contribution in [0.4, 0.5) is 5.69 Å². The molecule has 1 rings (SSSR count). The standard InChI is InChI=1S/C14H20N2O/c1-5-17-13-8-6-12(7-9-13)16(4)11-14(2,3)10-15/h6-9H,5,11H2,1-4H3. The Morgan fingerprint density at radius 2 is 1.88 bits per heavy atom. The van der Waals surface area contributed by atoms with Gasteiger partial charge >= 0.3 is 0 Å². The lowest BCUT2D eigenvalue weighted by Crippen LogP contribution is -2.30. The summed E-state index contributed by atoms with van der Waals surface area (Å²) >= 11 is 0. The van der Waals surface area contributed by atoms with Gasteiger partial charge in [0.15, 0.2) is 0 Å². The predicted octanol–water partition coefficient (Wildman–Crippen LogP) is 3.07. The number of hydrogen-bond donors (Lipinski definition) is 0. The lowest BCUT2D eigenvalue weighted by molar-refractivity contribution is 0.340. The van der Waals surface area contributed by atoms with Crippen molar-refractivity contribution in [3.63, 3.8) is 0 Å². The maximum Gasteiger partial charge on any atom is 0.119 e. The molecule has 0 aliphatic carbocycles. The average Bonchev–Trinajstić information content (AvgIpc) is 2.30. The van der Waals surface area contributed by atoms with Crippen LogP contribution < -0.4 is 9.64 Å². The third kappa shape index (κ3) is 3.99. The summed E-state index contributed by atoms with van der Waals surface area (Å²) in [4.78, 5) is 2.08. The van der Waals surface area contributed by atoms with Crippen molar-refractivity contribution in [2.24, 2.45) is 5.41 Å². The van der Waals surface area contributed by atoms with Gasteiger partial charge in [-0.1, -0.05) is 0 Å². The molecule has 0 unspecified atom stereocenters. The molecule has 17 heavy (non-hydrogen) atoms. The van der Waals surface area contributed by atoms with Crippen molar-refractivity contribution >= 4 is 5.69 Å². The van der Waals surface area contributed by atoms with E-state index in [4.69, 9.17) is 10.00 Å². The quantitative estimate of drug-likeness (QED) is 0.782. The summed E-state index contributed by atoms with van der Waals surface area (Å²) < 4.78 is 5.39. The minimum atomic E-state index is -0.340. The van der Waals surface area contributed by atoms with Crippen LogP contribution in [0, 0.1) is 16.7 Å². The number of hydrogen-bond acceptors (Lipinski definition) is 3. The van der Waals surface area contributed by atoms with E-state index in [1.165, 1.54) is 0 Å². The fourth-order valence-electron chi connectivity index (χ4n) is 1.68. The first-order valence-corrected chi connectivity index (χ1v) is 5.84. The average molecular weight is 232 g/mol. The van der Waals surface area contributed by atoms with E-state index < -0.39 is 0 Å². The van der Waals surface area contributed by atoms with Gasteiger partial charge in [0, 0.05) is 19.3 Å². The SMILES string of the molecule is CCOc1ccc(N(C)CC(C)(C)C#N)cc1. The van der Waals surface area contributed by atoms with Crippen LogP contribution in [-0.4, -0.2) is 20.2 Å². The first-order chi connectivity index (χ1) is 7.98. The van der Waals surface area contributed by atoms with Gasteiger partial charge in [0.1, 0.15) is 5.75 Å². The van der Waals surface area contributed by atoms with Crippen LogP contribution in [0.3, 0.4) is 0 Å². The number of benzene rings is 1. The Hall–Kier alpha value is -1.69. The number of anilines is 1. The maximum atomic E-state index is 9.01. The van der Waals surface area contributed by atoms with Crippen molar-refractivity contribution in [1.29, 1.82) is 5.26 Å². The minimum absolute atomic E-state index is 0.340. The second-order valence-electron chi connectivity index (χ2n) is 4.78. The Bertz CT molecular complexity index is 390. The molecule has 0 amide bonds. The molecule has 0 N–H and O–H groups in total. The van der Waals surface area contributed by atoms with Crippen LogP contribution in [-0.2, 0) is 0 Å². The van der Waals surface area contributed by atoms with E-state index in [9.17, 15) is 0 Å². The predicted molar refractivity (Wildman–Crippen MR) is 70.3 cm³/mol. The van der Waals surface area contributed by atoms with Crippen LogP contribution in [0.1, 0.15) is 20.8 Å². The first kappa shape index (κ1) is 13.4. The zero-order valence-corrected chi connectivity index (χ0v) is 11.0. The third-order valence-electron chi connectivity index (χ3n) is 2.52. The Balaban J connectivity index is 2.70. The van der Waals surface area contributed by atoms with Crippen LogP contribution in [0.15, 0.2) is 24.3 Å². The molecule has 1 aromatic rings. The van der Waals surface area contributed by atoms with Crippen molar-refractivity contribution in [2.45, 2.75) is 20.8 Å². The van der Waals surface area contributed by atoms with E-state index in [1.807, 2.05) is 52.1 Å². The molecule has 0 fully saturated rings. The monoisotopic (exact) mass is 232 g/mol. The molecular formula is C14H20N2O. The molecule has 0 atom stereocenters. The van der Waals surface area contributed by atoms with E-state index >= 15 is 0 Å². The van der Waals surface area contributed by atoms with E-state index in [-0.39, 0.29) is 5.41 Å². The van der Waals surface area contributed by atoms with E-state index in [0.29, 0.717) is 13.2 Å². The second-order valence-corrected chi connectivity index (χ2v) is 4.78. The Labute approximate surface area is 104 Å². The summed E-state index contributed by atoms with van der Waals surface area (Å²) in [6.45, 7) is 7.24. The molecule has 0 aliphatic heterocycles. The molecule has 92 valence electrons. The van der Waals surface area contributed by atoms with Gasteiger partial charge in [-0.25, -0.2) is 0 Å². The summed E-state index contributed by atoms with van der Waals surface area (Å²) in [6.07, 6.45) is 0. The van der Waals surface area contributed by atoms with Crippen molar-refractivity contribution < 1.29 is 4.74 Å². The highest BCUT2D eigenvalue weighted by molar-refractivity contribution is 5.48. The number of nitriles is 1. The van der Waals surface area contributed by atoms with Crippen LogP contribution in [0.5, 0.6) is 5.75 Å². The first-order valence-electron chi connectivity index (χ1n) is 5.84. The fraction of sp³-hybridized carbons (Fsp3) is 0.500. The van der Waals surface area contributed by atoms with Crippen molar-refractivity contribution in [2.75, 3.05) is 25.1 Å². The molecule has 3 nitrogen and oxygen atoms in total. The summed E-state index contributed by atoms with van der Waals surface area (Å²) in [5.74, 6) is 0.879. The molecule has 0 spiro atoms. The number of ether oxygens (including phenoxy) is 1. The molecule has 1 aromatic carbocycles. The number of nitrogens with zero attached hydrogens (tertiary/aromatic N) is 2. The summed E-state index contributed by atoms with van der Waals surface area (Å²) in [5.41, 5.74) is 0.754. The highest BCUT2D eigenvalue weighted by Crippen LogP contribution is 2.22. The fourth-order valence-corrected chi connectivity index (χ4v) is 1.68. The number of rotatable bonds is 5. The molecule has 3 heteroatoms. The molecule has 0 aliphatic rings. The van der Waals surface area contributed by atoms with Gasteiger partial charge in [-0.2, -0.15) is 5.26 Å². The van der Waals surface area contributed by atoms with E-state index in [0.717, 1.165) is 11.4 Å². The van der Waals surface area contributed by atoms with Gasteiger partial charge in [0.2, 0.25) is 0 Å². The summed E-state index contributed by atoms with van der Waals surface area (Å²) in [7, 11) is 1.99. The molecule has 0 bridgehead atoms. The van der Waals surface area contributed by atoms with Gasteiger partial charge in [0.25, 0.3) is 0 Å². The highest BCUT2D eigenvalue weighted by atomic mass is 16.5. The summed E-state index contributed by atoms with van der Waals surface area (Å²) in [5, 5.41) is 9.01. The lowest BCUT2D eigenvalue weighted by Gasteiger charge is -2.26. The molecule has 0 saturated carbocycles. The molecule has 0 aromatic heterocycles. The Morgan fingerprint density at radius 3 is 2.35 bits per heavy atom. The lowest BCUT2D eigenvalue weighted by atomic mass is 9.95. The second kappa shape index (κ2) is 5.58. The molecule has 0 heterocycles. The van der Waals surface area contributed by atoms with Gasteiger partial charge in [-0.3, -0.25) is 0 Å². The van der Waals surface area contributed by atoms with Crippen LogP contribution in [0.2, 0.25) is 0 Å². The van der Waals surface area contributed by atoms with Gasteiger partial charge < -0.3 is 9.64 Å². The zero-order chi connectivity index (χ0) is 12.9. The highest BCUT2D eigenvalue weighted by Gasteiger charge is 2.19. The van der Waals surface area contributed by atoms with Crippen molar-refractivity contribution in [3.05, 3.63) is 24.3 Å². The normalized spacial score (nSPS) is 10.8. The van der Waals surface area contributed by atoms with Crippen molar-refractivity contribution in [1.82, 2.24) is 0 Å². The van der Waals surface area contributed by atoms with Crippen LogP contribution in [0.25, 0.3) is 0 Å².